The number of hydrogen-bond acceptors (Lipinski definition) is 4. The molecule has 0 bridgehead atoms. The van der Waals surface area contributed by atoms with Crippen LogP contribution in [0.1, 0.15) is 11.6 Å². The molecule has 0 aromatic carbocycles. The highest BCUT2D eigenvalue weighted by Crippen LogP contribution is 2.19. The van der Waals surface area contributed by atoms with Crippen LogP contribution in [0, 0.1) is 6.92 Å². The molecule has 0 radical (unpaired) electrons. The van der Waals surface area contributed by atoms with E-state index in [9.17, 15) is 8.42 Å². The van der Waals surface area contributed by atoms with E-state index >= 15 is 0 Å². The quantitative estimate of drug-likeness (QED) is 0.837. The summed E-state index contributed by atoms with van der Waals surface area (Å²) in [5, 5.41) is 0.139. The first kappa shape index (κ1) is 11.4. The summed E-state index contributed by atoms with van der Waals surface area (Å²) in [6.45, 7) is 3.10. The van der Waals surface area contributed by atoms with Gasteiger partial charge in [-0.3, -0.25) is 0 Å². The first-order valence-electron chi connectivity index (χ1n) is 5.59. The molecule has 2 aromatic heterocycles. The molecule has 0 amide bonds. The Hall–Kier alpha value is -1.67. The van der Waals surface area contributed by atoms with Gasteiger partial charge in [-0.05, 0) is 6.92 Å². The van der Waals surface area contributed by atoms with Gasteiger partial charge >= 0.3 is 0 Å². The molecule has 1 aliphatic rings. The maximum Gasteiger partial charge on any atom is 0.260 e. The Balaban J connectivity index is 1.92. The highest BCUT2D eigenvalue weighted by Gasteiger charge is 2.30. The Bertz CT molecular complexity index is 672. The van der Waals surface area contributed by atoms with Gasteiger partial charge in [0, 0.05) is 25.5 Å². The van der Waals surface area contributed by atoms with Crippen molar-refractivity contribution in [3.05, 3.63) is 30.2 Å². The number of imidazole rings is 2. The number of rotatable bonds is 2. The van der Waals surface area contributed by atoms with Crippen molar-refractivity contribution in [2.24, 2.45) is 0 Å². The lowest BCUT2D eigenvalue weighted by Gasteiger charge is -2.26. The molecule has 0 aliphatic carbocycles. The van der Waals surface area contributed by atoms with Crippen LogP contribution in [0.3, 0.4) is 0 Å². The maximum atomic E-state index is 12.3. The number of aromatic nitrogens is 4. The van der Waals surface area contributed by atoms with Gasteiger partial charge in [-0.2, -0.15) is 4.31 Å². The van der Waals surface area contributed by atoms with E-state index in [1.165, 1.54) is 10.5 Å². The fraction of sp³-hybridized carbons (Fsp3) is 0.400. The zero-order valence-electron chi connectivity index (χ0n) is 9.87. The first-order valence-corrected chi connectivity index (χ1v) is 7.03. The fourth-order valence-electron chi connectivity index (χ4n) is 2.02. The van der Waals surface area contributed by atoms with Gasteiger partial charge in [0.05, 0.1) is 12.7 Å². The van der Waals surface area contributed by atoms with Crippen LogP contribution in [0.4, 0.5) is 0 Å². The third kappa shape index (κ3) is 1.73. The zero-order valence-corrected chi connectivity index (χ0v) is 10.7. The Morgan fingerprint density at radius 3 is 2.89 bits per heavy atom. The number of aromatic amines is 1. The normalized spacial score (nSPS) is 16.7. The monoisotopic (exact) mass is 267 g/mol. The third-order valence-corrected chi connectivity index (χ3v) is 4.76. The average molecular weight is 267 g/mol. The summed E-state index contributed by atoms with van der Waals surface area (Å²) in [7, 11) is -3.50. The van der Waals surface area contributed by atoms with E-state index in [1.807, 2.05) is 10.8 Å². The summed E-state index contributed by atoms with van der Waals surface area (Å²) < 4.78 is 28.1. The zero-order chi connectivity index (χ0) is 12.8. The van der Waals surface area contributed by atoms with E-state index in [1.54, 1.807) is 13.1 Å². The molecule has 3 heterocycles. The van der Waals surface area contributed by atoms with E-state index in [-0.39, 0.29) is 5.03 Å². The minimum absolute atomic E-state index is 0.139. The Morgan fingerprint density at radius 1 is 1.33 bits per heavy atom. The predicted molar refractivity (Wildman–Crippen MR) is 63.1 cm³/mol. The molecule has 0 atom stereocenters. The van der Waals surface area contributed by atoms with Gasteiger partial charge in [0.2, 0.25) is 0 Å². The van der Waals surface area contributed by atoms with E-state index in [0.29, 0.717) is 25.5 Å². The molecule has 3 rings (SSSR count). The van der Waals surface area contributed by atoms with E-state index in [0.717, 1.165) is 5.82 Å². The molecule has 7 nitrogen and oxygen atoms in total. The van der Waals surface area contributed by atoms with Gasteiger partial charge < -0.3 is 9.55 Å². The van der Waals surface area contributed by atoms with Gasteiger partial charge in [0.25, 0.3) is 10.0 Å². The first-order chi connectivity index (χ1) is 8.57. The summed E-state index contributed by atoms with van der Waals surface area (Å²) in [6.07, 6.45) is 4.90. The van der Waals surface area contributed by atoms with Gasteiger partial charge in [-0.1, -0.05) is 0 Å². The van der Waals surface area contributed by atoms with Gasteiger partial charge in [-0.25, -0.2) is 18.4 Å². The summed E-state index contributed by atoms with van der Waals surface area (Å²) in [5.41, 5.74) is 0. The second-order valence-electron chi connectivity index (χ2n) is 4.21. The smallest absolute Gasteiger partial charge is 0.260 e. The molecule has 8 heteroatoms. The summed E-state index contributed by atoms with van der Waals surface area (Å²) in [5.74, 6) is 1.35. The molecule has 0 unspecified atom stereocenters. The maximum absolute atomic E-state index is 12.3. The van der Waals surface area contributed by atoms with Crippen LogP contribution < -0.4 is 0 Å². The SMILES string of the molecule is Cc1ncc(S(=O)(=O)N2CCn3ccnc3C2)[nH]1. The number of fused-ring (bicyclic) bond motifs is 1. The van der Waals surface area contributed by atoms with Gasteiger partial charge in [0.1, 0.15) is 11.6 Å². The van der Waals surface area contributed by atoms with Crippen molar-refractivity contribution < 1.29 is 8.42 Å². The molecular formula is C10H13N5O2S. The molecule has 0 fully saturated rings. The van der Waals surface area contributed by atoms with E-state index in [2.05, 4.69) is 15.0 Å². The third-order valence-electron chi connectivity index (χ3n) is 3.01. The summed E-state index contributed by atoms with van der Waals surface area (Å²) in [4.78, 5) is 10.8. The lowest BCUT2D eigenvalue weighted by atomic mass is 10.4. The van der Waals surface area contributed by atoms with Crippen molar-refractivity contribution in [3.8, 4) is 0 Å². The van der Waals surface area contributed by atoms with Crippen LogP contribution in [0.2, 0.25) is 0 Å². The molecule has 1 N–H and O–H groups in total. The predicted octanol–water partition coefficient (Wildman–Crippen LogP) is 0.119. The number of nitrogens with zero attached hydrogens (tertiary/aromatic N) is 4. The summed E-state index contributed by atoms with van der Waals surface area (Å²) in [6, 6.07) is 0. The van der Waals surface area contributed by atoms with E-state index < -0.39 is 10.0 Å². The number of hydrogen-bond donors (Lipinski definition) is 1. The van der Waals surface area contributed by atoms with Crippen LogP contribution in [-0.4, -0.2) is 38.8 Å². The van der Waals surface area contributed by atoms with Crippen LogP contribution in [0.5, 0.6) is 0 Å². The standard InChI is InChI=1S/C10H13N5O2S/c1-8-12-6-10(13-8)18(16,17)15-5-4-14-3-2-11-9(14)7-15/h2-3,6H,4-5,7H2,1H3,(H,12,13). The van der Waals surface area contributed by atoms with Crippen molar-refractivity contribution >= 4 is 10.0 Å². The number of H-pyrrole nitrogens is 1. The lowest BCUT2D eigenvalue weighted by molar-refractivity contribution is 0.334. The van der Waals surface area contributed by atoms with Crippen molar-refractivity contribution in [2.45, 2.75) is 25.0 Å². The number of sulfonamides is 1. The number of nitrogens with one attached hydrogen (secondary N) is 1. The Morgan fingerprint density at radius 2 is 2.17 bits per heavy atom. The van der Waals surface area contributed by atoms with Crippen LogP contribution in [-0.2, 0) is 23.1 Å². The van der Waals surface area contributed by atoms with Crippen LogP contribution in [0.25, 0.3) is 0 Å². The fourth-order valence-corrected chi connectivity index (χ4v) is 3.37. The average Bonchev–Trinajstić information content (AvgIpc) is 2.96. The topological polar surface area (TPSA) is 83.9 Å². The van der Waals surface area contributed by atoms with Crippen molar-refractivity contribution in [2.75, 3.05) is 6.54 Å². The second-order valence-corrected chi connectivity index (χ2v) is 6.11. The molecule has 96 valence electrons. The Labute approximate surface area is 105 Å². The highest BCUT2D eigenvalue weighted by molar-refractivity contribution is 7.89. The minimum Gasteiger partial charge on any atom is -0.333 e. The van der Waals surface area contributed by atoms with Gasteiger partial charge in [-0.15, -0.1) is 0 Å². The lowest BCUT2D eigenvalue weighted by Crippen LogP contribution is -2.38. The molecule has 0 spiro atoms. The highest BCUT2D eigenvalue weighted by atomic mass is 32.2. The molecular weight excluding hydrogens is 254 g/mol. The number of aryl methyl sites for hydroxylation is 1. The molecule has 18 heavy (non-hydrogen) atoms. The van der Waals surface area contributed by atoms with Crippen LogP contribution >= 0.6 is 0 Å². The molecule has 1 aliphatic heterocycles. The van der Waals surface area contributed by atoms with Crippen molar-refractivity contribution in [1.82, 2.24) is 23.8 Å². The largest absolute Gasteiger partial charge is 0.333 e. The van der Waals surface area contributed by atoms with Crippen molar-refractivity contribution in [3.63, 3.8) is 0 Å². The van der Waals surface area contributed by atoms with Crippen molar-refractivity contribution in [1.29, 1.82) is 0 Å². The molecule has 0 saturated carbocycles. The minimum atomic E-state index is -3.50. The molecule has 0 saturated heterocycles. The summed E-state index contributed by atoms with van der Waals surface area (Å²) >= 11 is 0. The van der Waals surface area contributed by atoms with Crippen LogP contribution in [0.15, 0.2) is 23.6 Å². The Kier molecular flexibility index (Phi) is 2.49. The molecule has 2 aromatic rings. The second kappa shape index (κ2) is 3.92. The van der Waals surface area contributed by atoms with Gasteiger partial charge in [0.15, 0.2) is 5.03 Å². The van der Waals surface area contributed by atoms with E-state index in [4.69, 9.17) is 0 Å².